The van der Waals surface area contributed by atoms with E-state index in [1.54, 1.807) is 23.1 Å². The van der Waals surface area contributed by atoms with Gasteiger partial charge in [0.05, 0.1) is 6.10 Å². The summed E-state index contributed by atoms with van der Waals surface area (Å²) >= 11 is 0. The van der Waals surface area contributed by atoms with Crippen molar-refractivity contribution in [3.8, 4) is 5.75 Å². The highest BCUT2D eigenvalue weighted by Crippen LogP contribution is 2.24. The minimum atomic E-state index is -3.21. The van der Waals surface area contributed by atoms with E-state index in [0.29, 0.717) is 25.8 Å². The standard InChI is InChI=1S/C17H23F2N3O2.C2H6/c1-11(2)15(8-16(20)22-9-13(23)10-22)21-12-4-6-14(7-5-12)24-17(3,18)19;1-2/h4-8,11,13,20-21,23H,9-10H2,1-3H3;1-2H3/b15-8-,20-16?;. The molecule has 0 saturated carbocycles. The monoisotopic (exact) mass is 369 g/mol. The lowest BCUT2D eigenvalue weighted by Crippen LogP contribution is -2.52. The molecule has 1 aromatic carbocycles. The Bertz CT molecular complexity index is 604. The number of nitrogens with zero attached hydrogens (tertiary/aromatic N) is 1. The zero-order valence-electron chi connectivity index (χ0n) is 16.0. The number of alkyl halides is 2. The number of ether oxygens (including phenoxy) is 1. The van der Waals surface area contributed by atoms with E-state index in [1.165, 1.54) is 12.1 Å². The quantitative estimate of drug-likeness (QED) is 0.516. The number of rotatable bonds is 6. The largest absolute Gasteiger partial charge is 0.433 e. The van der Waals surface area contributed by atoms with Crippen molar-refractivity contribution in [3.63, 3.8) is 0 Å². The van der Waals surface area contributed by atoms with Gasteiger partial charge in [-0.2, -0.15) is 8.78 Å². The fraction of sp³-hybridized carbons (Fsp3) is 0.526. The van der Waals surface area contributed by atoms with Crippen LogP contribution in [0.2, 0.25) is 0 Å². The van der Waals surface area contributed by atoms with Crippen LogP contribution in [0.1, 0.15) is 34.6 Å². The van der Waals surface area contributed by atoms with Gasteiger partial charge in [-0.1, -0.05) is 27.7 Å². The number of likely N-dealkylation sites (tertiary alicyclic amines) is 1. The average Bonchev–Trinajstić information content (AvgIpc) is 2.53. The molecule has 7 heteroatoms. The van der Waals surface area contributed by atoms with Gasteiger partial charge in [-0.3, -0.25) is 5.41 Å². The van der Waals surface area contributed by atoms with Crippen molar-refractivity contribution in [2.45, 2.75) is 46.8 Å². The number of anilines is 1. The average molecular weight is 369 g/mol. The third-order valence-corrected chi connectivity index (χ3v) is 3.56. The Hall–Kier alpha value is -2.15. The summed E-state index contributed by atoms with van der Waals surface area (Å²) in [4.78, 5) is 1.77. The molecule has 1 aliphatic rings. The molecule has 0 radical (unpaired) electrons. The molecule has 3 N–H and O–H groups in total. The smallest absolute Gasteiger partial charge is 0.394 e. The number of allylic oxidation sites excluding steroid dienone is 1. The Labute approximate surface area is 154 Å². The lowest BCUT2D eigenvalue weighted by Gasteiger charge is -2.37. The van der Waals surface area contributed by atoms with E-state index in [1.807, 2.05) is 27.7 Å². The van der Waals surface area contributed by atoms with E-state index in [0.717, 1.165) is 11.4 Å². The summed E-state index contributed by atoms with van der Waals surface area (Å²) in [7, 11) is 0. The van der Waals surface area contributed by atoms with Crippen LogP contribution in [0, 0.1) is 11.3 Å². The van der Waals surface area contributed by atoms with Crippen LogP contribution in [0.5, 0.6) is 5.75 Å². The minimum absolute atomic E-state index is 0.0884. The molecule has 1 aromatic rings. The molecule has 0 bridgehead atoms. The first-order valence-corrected chi connectivity index (χ1v) is 8.81. The molecule has 0 amide bonds. The van der Waals surface area contributed by atoms with E-state index in [4.69, 9.17) is 5.41 Å². The minimum Gasteiger partial charge on any atom is -0.433 e. The summed E-state index contributed by atoms with van der Waals surface area (Å²) in [5, 5.41) is 20.6. The van der Waals surface area contributed by atoms with Gasteiger partial charge in [0.2, 0.25) is 0 Å². The first kappa shape index (κ1) is 21.9. The molecule has 1 fully saturated rings. The van der Waals surface area contributed by atoms with Gasteiger partial charge < -0.3 is 20.1 Å². The van der Waals surface area contributed by atoms with Crippen molar-refractivity contribution in [1.29, 1.82) is 5.41 Å². The SMILES string of the molecule is CC.CC(C)/C(=C/C(=N)N1CC(O)C1)Nc1ccc(OC(C)(F)F)cc1. The zero-order chi connectivity index (χ0) is 19.9. The summed E-state index contributed by atoms with van der Waals surface area (Å²) in [6, 6.07) is 6.23. The Morgan fingerprint density at radius 2 is 1.85 bits per heavy atom. The second-order valence-electron chi connectivity index (χ2n) is 6.26. The van der Waals surface area contributed by atoms with Gasteiger partial charge in [0, 0.05) is 31.4 Å². The molecule has 0 unspecified atom stereocenters. The second-order valence-corrected chi connectivity index (χ2v) is 6.26. The number of β-amino-alcohol motifs (C(OH)–C–C–N with tert-alkyl or cyclic N) is 1. The van der Waals surface area contributed by atoms with Crippen LogP contribution in [0.25, 0.3) is 0 Å². The molecule has 5 nitrogen and oxygen atoms in total. The number of halogens is 2. The van der Waals surface area contributed by atoms with Gasteiger partial charge >= 0.3 is 6.11 Å². The second kappa shape index (κ2) is 9.52. The van der Waals surface area contributed by atoms with Gasteiger partial charge in [-0.05, 0) is 36.3 Å². The number of hydrogen-bond donors (Lipinski definition) is 3. The third-order valence-electron chi connectivity index (χ3n) is 3.56. The fourth-order valence-electron chi connectivity index (χ4n) is 2.22. The third kappa shape index (κ3) is 7.00. The molecule has 1 saturated heterocycles. The summed E-state index contributed by atoms with van der Waals surface area (Å²) in [5.41, 5.74) is 1.55. The first-order chi connectivity index (χ1) is 12.1. The maximum absolute atomic E-state index is 12.8. The number of aliphatic hydroxyl groups is 1. The summed E-state index contributed by atoms with van der Waals surface area (Å²) in [6.45, 7) is 9.62. The molecule has 1 heterocycles. The van der Waals surface area contributed by atoms with E-state index >= 15 is 0 Å². The number of amidine groups is 1. The maximum Gasteiger partial charge on any atom is 0.394 e. The molecule has 0 aromatic heterocycles. The molecular formula is C19H29F2N3O2. The molecule has 146 valence electrons. The number of nitrogens with one attached hydrogen (secondary N) is 2. The van der Waals surface area contributed by atoms with Crippen LogP contribution in [-0.4, -0.2) is 41.1 Å². The number of hydrogen-bond acceptors (Lipinski definition) is 4. The molecule has 0 aliphatic carbocycles. The molecule has 1 aliphatic heterocycles. The Morgan fingerprint density at radius 3 is 2.27 bits per heavy atom. The van der Waals surface area contributed by atoms with Crippen LogP contribution in [0.4, 0.5) is 14.5 Å². The van der Waals surface area contributed by atoms with Gasteiger partial charge in [0.1, 0.15) is 11.6 Å². The van der Waals surface area contributed by atoms with E-state index in [9.17, 15) is 13.9 Å². The Kier molecular flexibility index (Phi) is 8.02. The van der Waals surface area contributed by atoms with E-state index < -0.39 is 6.11 Å². The van der Waals surface area contributed by atoms with Crippen molar-refractivity contribution < 1.29 is 18.6 Å². The van der Waals surface area contributed by atoms with Crippen molar-refractivity contribution in [3.05, 3.63) is 36.0 Å². The highest BCUT2D eigenvalue weighted by molar-refractivity contribution is 5.92. The normalized spacial score (nSPS) is 15.1. The molecule has 0 atom stereocenters. The topological polar surface area (TPSA) is 68.6 Å². The lowest BCUT2D eigenvalue weighted by molar-refractivity contribution is -0.158. The van der Waals surface area contributed by atoms with Crippen LogP contribution < -0.4 is 10.1 Å². The number of aliphatic hydroxyl groups excluding tert-OH is 1. The van der Waals surface area contributed by atoms with Crippen molar-refractivity contribution in [2.24, 2.45) is 5.92 Å². The highest BCUT2D eigenvalue weighted by Gasteiger charge is 2.26. The zero-order valence-corrected chi connectivity index (χ0v) is 16.0. The van der Waals surface area contributed by atoms with Crippen molar-refractivity contribution in [2.75, 3.05) is 18.4 Å². The van der Waals surface area contributed by atoms with E-state index in [-0.39, 0.29) is 17.8 Å². The van der Waals surface area contributed by atoms with Crippen molar-refractivity contribution in [1.82, 2.24) is 4.90 Å². The predicted octanol–water partition coefficient (Wildman–Crippen LogP) is 4.31. The van der Waals surface area contributed by atoms with Crippen LogP contribution in [0.3, 0.4) is 0 Å². The molecule has 0 spiro atoms. The summed E-state index contributed by atoms with van der Waals surface area (Å²) in [6.07, 6.45) is -1.85. The molecule has 2 rings (SSSR count). The fourth-order valence-corrected chi connectivity index (χ4v) is 2.22. The van der Waals surface area contributed by atoms with Gasteiger partial charge in [-0.25, -0.2) is 0 Å². The first-order valence-electron chi connectivity index (χ1n) is 8.81. The maximum atomic E-state index is 12.8. The molecule has 26 heavy (non-hydrogen) atoms. The van der Waals surface area contributed by atoms with Crippen LogP contribution in [-0.2, 0) is 0 Å². The number of benzene rings is 1. The predicted molar refractivity (Wildman–Crippen MR) is 101 cm³/mol. The van der Waals surface area contributed by atoms with Gasteiger partial charge in [0.15, 0.2) is 0 Å². The van der Waals surface area contributed by atoms with Crippen LogP contribution in [0.15, 0.2) is 36.0 Å². The Balaban J connectivity index is 0.00000163. The van der Waals surface area contributed by atoms with Gasteiger partial charge in [0.25, 0.3) is 0 Å². The summed E-state index contributed by atoms with van der Waals surface area (Å²) < 4.78 is 30.1. The highest BCUT2D eigenvalue weighted by atomic mass is 19.3. The van der Waals surface area contributed by atoms with E-state index in [2.05, 4.69) is 10.1 Å². The molecular weight excluding hydrogens is 340 g/mol. The summed E-state index contributed by atoms with van der Waals surface area (Å²) in [5.74, 6) is 0.569. The van der Waals surface area contributed by atoms with Gasteiger partial charge in [-0.15, -0.1) is 0 Å². The van der Waals surface area contributed by atoms with Crippen molar-refractivity contribution >= 4 is 11.5 Å². The van der Waals surface area contributed by atoms with Crippen LogP contribution >= 0.6 is 0 Å². The Morgan fingerprint density at radius 1 is 1.31 bits per heavy atom. The lowest BCUT2D eigenvalue weighted by atomic mass is 10.1.